The number of hydrogen-bond donors (Lipinski definition) is 0. The van der Waals surface area contributed by atoms with Gasteiger partial charge in [-0.3, -0.25) is 4.79 Å². The molecule has 2 aromatic heterocycles. The predicted molar refractivity (Wildman–Crippen MR) is 69.9 cm³/mol. The fraction of sp³-hybridized carbons (Fsp3) is 0.417. The Morgan fingerprint density at radius 1 is 1.50 bits per heavy atom. The Hall–Kier alpha value is -1.69. The molecule has 1 fully saturated rings. The number of hydrogen-bond acceptors (Lipinski definition) is 4. The first-order chi connectivity index (χ1) is 8.79. The lowest BCUT2D eigenvalue weighted by molar-refractivity contribution is -0.0370. The van der Waals surface area contributed by atoms with E-state index in [0.717, 1.165) is 48.7 Å². The predicted octanol–water partition coefficient (Wildman–Crippen LogP) is 0.201. The molecule has 1 atom stereocenters. The summed E-state index contributed by atoms with van der Waals surface area (Å²) in [5, 5.41) is 5.14. The van der Waals surface area contributed by atoms with Crippen molar-refractivity contribution >= 4 is 30.6 Å². The standard InChI is InChI=1S/C12H14BN3O2/c13-8-5-9-10(7-17)15-16(12(9)14-6-8)11-3-1-2-4-18-11/h5-7,11H,1-4,13H2. The second kappa shape index (κ2) is 4.53. The van der Waals surface area contributed by atoms with Gasteiger partial charge in [0.25, 0.3) is 0 Å². The molecule has 0 spiro atoms. The average molecular weight is 243 g/mol. The van der Waals surface area contributed by atoms with Crippen LogP contribution in [0.4, 0.5) is 0 Å². The first-order valence-corrected chi connectivity index (χ1v) is 6.21. The van der Waals surface area contributed by atoms with Crippen molar-refractivity contribution in [2.24, 2.45) is 0 Å². The Morgan fingerprint density at radius 3 is 3.11 bits per heavy atom. The van der Waals surface area contributed by atoms with Crippen LogP contribution in [0.1, 0.15) is 36.0 Å². The lowest BCUT2D eigenvalue weighted by atomic mass is 9.97. The average Bonchev–Trinajstić information content (AvgIpc) is 2.77. The number of fused-ring (bicyclic) bond motifs is 1. The van der Waals surface area contributed by atoms with Gasteiger partial charge in [-0.1, -0.05) is 11.5 Å². The fourth-order valence-electron chi connectivity index (χ4n) is 2.35. The van der Waals surface area contributed by atoms with Gasteiger partial charge in [-0.15, -0.1) is 0 Å². The minimum absolute atomic E-state index is 0.0924. The molecule has 3 rings (SSSR count). The number of aldehydes is 1. The summed E-state index contributed by atoms with van der Waals surface area (Å²) >= 11 is 0. The molecule has 0 aromatic carbocycles. The maximum atomic E-state index is 11.1. The summed E-state index contributed by atoms with van der Waals surface area (Å²) in [5.41, 5.74) is 2.19. The molecule has 5 nitrogen and oxygen atoms in total. The van der Waals surface area contributed by atoms with Crippen LogP contribution < -0.4 is 5.46 Å². The van der Waals surface area contributed by atoms with Crippen LogP contribution in [-0.2, 0) is 4.74 Å². The molecule has 1 aliphatic heterocycles. The molecule has 6 heteroatoms. The third-order valence-electron chi connectivity index (χ3n) is 3.25. The molecule has 2 aromatic rings. The van der Waals surface area contributed by atoms with Crippen molar-refractivity contribution in [2.75, 3.05) is 6.61 Å². The van der Waals surface area contributed by atoms with E-state index in [9.17, 15) is 4.79 Å². The largest absolute Gasteiger partial charge is 0.356 e. The molecular weight excluding hydrogens is 229 g/mol. The van der Waals surface area contributed by atoms with Crippen LogP contribution in [0.25, 0.3) is 11.0 Å². The maximum Gasteiger partial charge on any atom is 0.171 e. The van der Waals surface area contributed by atoms with Crippen LogP contribution >= 0.6 is 0 Å². The fourth-order valence-corrected chi connectivity index (χ4v) is 2.35. The Labute approximate surface area is 106 Å². The second-order valence-electron chi connectivity index (χ2n) is 4.65. The van der Waals surface area contributed by atoms with Crippen LogP contribution in [0.5, 0.6) is 0 Å². The van der Waals surface area contributed by atoms with E-state index in [4.69, 9.17) is 4.74 Å². The van der Waals surface area contributed by atoms with E-state index in [1.54, 1.807) is 10.9 Å². The first-order valence-electron chi connectivity index (χ1n) is 6.21. The van der Waals surface area contributed by atoms with E-state index < -0.39 is 0 Å². The zero-order valence-electron chi connectivity index (χ0n) is 10.3. The van der Waals surface area contributed by atoms with Crippen LogP contribution in [0.15, 0.2) is 12.3 Å². The monoisotopic (exact) mass is 243 g/mol. The number of carbonyl (C=O) groups excluding carboxylic acids is 1. The summed E-state index contributed by atoms with van der Waals surface area (Å²) in [6.07, 6.45) is 5.60. The topological polar surface area (TPSA) is 57.0 Å². The number of rotatable bonds is 2. The molecule has 0 saturated carbocycles. The van der Waals surface area contributed by atoms with Crippen molar-refractivity contribution in [1.82, 2.24) is 14.8 Å². The van der Waals surface area contributed by atoms with E-state index >= 15 is 0 Å². The number of pyridine rings is 1. The molecule has 18 heavy (non-hydrogen) atoms. The van der Waals surface area contributed by atoms with Gasteiger partial charge >= 0.3 is 0 Å². The quantitative estimate of drug-likeness (QED) is 0.558. The van der Waals surface area contributed by atoms with Crippen molar-refractivity contribution < 1.29 is 9.53 Å². The zero-order valence-corrected chi connectivity index (χ0v) is 10.3. The molecule has 1 saturated heterocycles. The van der Waals surface area contributed by atoms with Crippen LogP contribution in [0, 0.1) is 0 Å². The van der Waals surface area contributed by atoms with Crippen molar-refractivity contribution in [1.29, 1.82) is 0 Å². The van der Waals surface area contributed by atoms with Gasteiger partial charge in [-0.2, -0.15) is 5.10 Å². The number of aromatic nitrogens is 3. The SMILES string of the molecule is Bc1cnc2c(c1)c(C=O)nn2C1CCCCO1. The summed E-state index contributed by atoms with van der Waals surface area (Å²) < 4.78 is 7.45. The summed E-state index contributed by atoms with van der Waals surface area (Å²) in [7, 11) is 1.95. The number of carbonyl (C=O) groups is 1. The third kappa shape index (κ3) is 1.82. The van der Waals surface area contributed by atoms with E-state index in [1.165, 1.54) is 0 Å². The normalized spacial score (nSPS) is 20.1. The lowest BCUT2D eigenvalue weighted by Gasteiger charge is -2.22. The van der Waals surface area contributed by atoms with E-state index in [2.05, 4.69) is 10.1 Å². The molecule has 0 bridgehead atoms. The van der Waals surface area contributed by atoms with Gasteiger partial charge in [-0.05, 0) is 19.3 Å². The molecule has 0 aliphatic carbocycles. The van der Waals surface area contributed by atoms with Gasteiger partial charge in [0.2, 0.25) is 0 Å². The summed E-state index contributed by atoms with van der Waals surface area (Å²) in [6.45, 7) is 0.744. The van der Waals surface area contributed by atoms with Gasteiger partial charge in [0.1, 0.15) is 13.5 Å². The number of ether oxygens (including phenoxy) is 1. The van der Waals surface area contributed by atoms with Gasteiger partial charge in [0.15, 0.2) is 18.2 Å². The molecule has 1 aliphatic rings. The lowest BCUT2D eigenvalue weighted by Crippen LogP contribution is -2.19. The summed E-state index contributed by atoms with van der Waals surface area (Å²) in [4.78, 5) is 15.5. The second-order valence-corrected chi connectivity index (χ2v) is 4.65. The minimum Gasteiger partial charge on any atom is -0.356 e. The Morgan fingerprint density at radius 2 is 2.39 bits per heavy atom. The summed E-state index contributed by atoms with van der Waals surface area (Å²) in [5.74, 6) is 0. The Balaban J connectivity index is 2.13. The van der Waals surface area contributed by atoms with Crippen molar-refractivity contribution in [3.8, 4) is 0 Å². The van der Waals surface area contributed by atoms with E-state index in [-0.39, 0.29) is 6.23 Å². The van der Waals surface area contributed by atoms with Gasteiger partial charge in [0.05, 0.1) is 0 Å². The van der Waals surface area contributed by atoms with Gasteiger partial charge in [0, 0.05) is 18.2 Å². The smallest absolute Gasteiger partial charge is 0.171 e. The molecule has 0 radical (unpaired) electrons. The van der Waals surface area contributed by atoms with Crippen molar-refractivity contribution in [2.45, 2.75) is 25.5 Å². The first kappa shape index (κ1) is 11.4. The summed E-state index contributed by atoms with van der Waals surface area (Å²) in [6, 6.07) is 1.94. The molecule has 0 amide bonds. The van der Waals surface area contributed by atoms with E-state index in [0.29, 0.717) is 5.69 Å². The van der Waals surface area contributed by atoms with Crippen LogP contribution in [0.3, 0.4) is 0 Å². The van der Waals surface area contributed by atoms with E-state index in [1.807, 2.05) is 13.9 Å². The highest BCUT2D eigenvalue weighted by Crippen LogP contribution is 2.26. The van der Waals surface area contributed by atoms with Gasteiger partial charge in [-0.25, -0.2) is 9.67 Å². The van der Waals surface area contributed by atoms with Crippen molar-refractivity contribution in [3.05, 3.63) is 18.0 Å². The maximum absolute atomic E-state index is 11.1. The Kier molecular flexibility index (Phi) is 2.87. The molecule has 0 N–H and O–H groups in total. The zero-order chi connectivity index (χ0) is 12.5. The highest BCUT2D eigenvalue weighted by Gasteiger charge is 2.21. The molecule has 1 unspecified atom stereocenters. The van der Waals surface area contributed by atoms with Crippen LogP contribution in [-0.4, -0.2) is 35.5 Å². The van der Waals surface area contributed by atoms with Gasteiger partial charge < -0.3 is 4.74 Å². The Bertz CT molecular complexity index is 590. The van der Waals surface area contributed by atoms with Crippen LogP contribution in [0.2, 0.25) is 0 Å². The molecule has 3 heterocycles. The minimum atomic E-state index is -0.0924. The molecule has 92 valence electrons. The third-order valence-corrected chi connectivity index (χ3v) is 3.25. The highest BCUT2D eigenvalue weighted by molar-refractivity contribution is 6.33. The molecular formula is C12H14BN3O2. The van der Waals surface area contributed by atoms with Crippen molar-refractivity contribution in [3.63, 3.8) is 0 Å². The number of nitrogens with zero attached hydrogens (tertiary/aromatic N) is 3. The highest BCUT2D eigenvalue weighted by atomic mass is 16.5.